The third-order valence-corrected chi connectivity index (χ3v) is 3.83. The van der Waals surface area contributed by atoms with E-state index in [1.54, 1.807) is 18.2 Å². The van der Waals surface area contributed by atoms with E-state index >= 15 is 0 Å². The molecule has 0 spiro atoms. The Morgan fingerprint density at radius 2 is 1.38 bits per heavy atom. The molecule has 2 aromatic rings. The Morgan fingerprint density at radius 1 is 0.958 bits per heavy atom. The van der Waals surface area contributed by atoms with Crippen molar-refractivity contribution in [3.05, 3.63) is 71.8 Å². The molecule has 0 bridgehead atoms. The van der Waals surface area contributed by atoms with Crippen molar-refractivity contribution in [2.24, 2.45) is 0 Å². The van der Waals surface area contributed by atoms with Crippen LogP contribution >= 0.6 is 0 Å². The van der Waals surface area contributed by atoms with Gasteiger partial charge in [-0.15, -0.1) is 0 Å². The minimum atomic E-state index is -1.13. The fraction of sp³-hybridized carbons (Fsp3) is 0.316. The quantitative estimate of drug-likeness (QED) is 0.482. The second kappa shape index (κ2) is 10.4. The van der Waals surface area contributed by atoms with Crippen LogP contribution in [0.1, 0.15) is 28.9 Å². The molecule has 1 N–H and O–H groups in total. The molecule has 2 aromatic carbocycles. The number of benzene rings is 2. The summed E-state index contributed by atoms with van der Waals surface area (Å²) < 4.78 is 0.760. The van der Waals surface area contributed by atoms with Crippen LogP contribution in [0.25, 0.3) is 0 Å². The maximum absolute atomic E-state index is 10.1. The average Bonchev–Trinajstić information content (AvgIpc) is 2.55. The van der Waals surface area contributed by atoms with E-state index in [0.29, 0.717) is 0 Å². The fourth-order valence-corrected chi connectivity index (χ4v) is 1.93. The number of carboxylic acids is 1. The predicted molar refractivity (Wildman–Crippen MR) is 89.7 cm³/mol. The molecule has 0 heterocycles. The maximum atomic E-state index is 10.1. The largest absolute Gasteiger partial charge is 1.00 e. The maximum Gasteiger partial charge on any atom is 0.130 e. The second-order valence-corrected chi connectivity index (χ2v) is 6.37. The van der Waals surface area contributed by atoms with Crippen LogP contribution < -0.4 is 29.1 Å². The van der Waals surface area contributed by atoms with E-state index < -0.39 is 12.1 Å². The Balaban J connectivity index is 0.000000460. The molecule has 0 saturated carbocycles. The highest BCUT2D eigenvalue weighted by Gasteiger charge is 2.27. The molecule has 0 amide bonds. The van der Waals surface area contributed by atoms with Gasteiger partial charge in [0.2, 0.25) is 0 Å². The third-order valence-electron chi connectivity index (χ3n) is 3.83. The summed E-state index contributed by atoms with van der Waals surface area (Å²) in [4.78, 5) is 10.1. The van der Waals surface area contributed by atoms with E-state index in [0.717, 1.165) is 10.0 Å². The Bertz CT molecular complexity index is 597. The summed E-state index contributed by atoms with van der Waals surface area (Å²) in [5.74, 6) is -1.13. The zero-order valence-electron chi connectivity index (χ0n) is 14.5. The van der Waals surface area contributed by atoms with Crippen LogP contribution in [0.5, 0.6) is 0 Å². The molecule has 4 nitrogen and oxygen atoms in total. The first kappa shape index (κ1) is 22.6. The third kappa shape index (κ3) is 7.42. The van der Waals surface area contributed by atoms with Gasteiger partial charge in [-0.05, 0) is 18.1 Å². The fourth-order valence-electron chi connectivity index (χ4n) is 1.93. The van der Waals surface area contributed by atoms with Gasteiger partial charge in [0.1, 0.15) is 12.1 Å². The molecular formula is C19H25INO3-. The van der Waals surface area contributed by atoms with Gasteiger partial charge < -0.3 is 43.5 Å². The smallest absolute Gasteiger partial charge is 0.130 e. The number of nitrogens with zero attached hydrogens (tertiary/aromatic N) is 1. The van der Waals surface area contributed by atoms with Crippen LogP contribution in [0.2, 0.25) is 0 Å². The number of quaternary nitrogens is 1. The minimum absolute atomic E-state index is 0. The van der Waals surface area contributed by atoms with Crippen LogP contribution in [0.3, 0.4) is 0 Å². The summed E-state index contributed by atoms with van der Waals surface area (Å²) in [6.45, 7) is 2.07. The van der Waals surface area contributed by atoms with E-state index in [1.807, 2.05) is 30.3 Å². The van der Waals surface area contributed by atoms with Crippen LogP contribution in [-0.4, -0.2) is 42.7 Å². The monoisotopic (exact) mass is 442 g/mol. The molecule has 0 radical (unpaired) electrons. The van der Waals surface area contributed by atoms with Gasteiger partial charge in [0.25, 0.3) is 0 Å². The van der Waals surface area contributed by atoms with Gasteiger partial charge in [-0.3, -0.25) is 0 Å². The number of aliphatic hydroxyl groups excluding tert-OH is 1. The number of likely N-dealkylation sites (N-methyl/N-ethyl adjacent to an activating group) is 1. The van der Waals surface area contributed by atoms with Crippen molar-refractivity contribution in [3.8, 4) is 0 Å². The molecule has 0 fully saturated rings. The number of halogens is 1. The molecule has 0 aliphatic carbocycles. The van der Waals surface area contributed by atoms with E-state index in [1.165, 1.54) is 12.1 Å². The van der Waals surface area contributed by atoms with Gasteiger partial charge in [0.15, 0.2) is 0 Å². The van der Waals surface area contributed by atoms with Crippen LogP contribution in [-0.2, 0) is 0 Å². The molecule has 0 aromatic heterocycles. The van der Waals surface area contributed by atoms with Crippen molar-refractivity contribution >= 4 is 5.97 Å². The number of carboxylic acid groups (broad SMARTS) is 1. The summed E-state index contributed by atoms with van der Waals surface area (Å²) in [7, 11) is 6.28. The van der Waals surface area contributed by atoms with Crippen molar-refractivity contribution in [3.63, 3.8) is 0 Å². The molecule has 2 unspecified atom stereocenters. The van der Waals surface area contributed by atoms with E-state index in [9.17, 15) is 15.0 Å². The zero-order chi connectivity index (χ0) is 17.5. The van der Waals surface area contributed by atoms with Crippen molar-refractivity contribution in [2.45, 2.75) is 19.1 Å². The number of aromatic carboxylic acids is 1. The number of carbonyl (C=O) groups excluding carboxylic acids is 1. The lowest BCUT2D eigenvalue weighted by Crippen LogP contribution is -3.00. The van der Waals surface area contributed by atoms with Gasteiger partial charge in [-0.2, -0.15) is 0 Å². The Hall–Kier alpha value is -1.44. The lowest BCUT2D eigenvalue weighted by molar-refractivity contribution is -0.898. The van der Waals surface area contributed by atoms with Crippen LogP contribution in [0, 0.1) is 0 Å². The number of hydrogen-bond acceptors (Lipinski definition) is 3. The number of hydrogen-bond donors (Lipinski definition) is 1. The normalized spacial score (nSPS) is 12.9. The van der Waals surface area contributed by atoms with Crippen molar-refractivity contribution in [1.82, 2.24) is 0 Å². The Kier molecular flexibility index (Phi) is 9.80. The highest BCUT2D eigenvalue weighted by atomic mass is 127. The van der Waals surface area contributed by atoms with Gasteiger partial charge in [-0.25, -0.2) is 0 Å². The lowest BCUT2D eigenvalue weighted by Gasteiger charge is -2.34. The summed E-state index contributed by atoms with van der Waals surface area (Å²) in [5, 5.41) is 20.2. The number of carbonyl (C=O) groups is 1. The van der Waals surface area contributed by atoms with Gasteiger partial charge in [0, 0.05) is 0 Å². The standard InChI is InChI=1S/C12H20NO.C7H6O2.HI/c1-10(13(2,3)4)12(14)11-8-6-5-7-9-11;8-7(9)6-4-2-1-3-5-6;/h5-10,12,14H,1-4H3;1-5H,(H,8,9);1H/q+1;;/p-2. The van der Waals surface area contributed by atoms with Crippen LogP contribution in [0.4, 0.5) is 0 Å². The van der Waals surface area contributed by atoms with Crippen LogP contribution in [0.15, 0.2) is 60.7 Å². The summed E-state index contributed by atoms with van der Waals surface area (Å²) >= 11 is 0. The summed E-state index contributed by atoms with van der Waals surface area (Å²) in [6, 6.07) is 18.1. The summed E-state index contributed by atoms with van der Waals surface area (Å²) in [6.07, 6.45) is -0.392. The van der Waals surface area contributed by atoms with Crippen molar-refractivity contribution in [2.75, 3.05) is 21.1 Å². The van der Waals surface area contributed by atoms with Gasteiger partial charge in [-0.1, -0.05) is 60.7 Å². The first-order chi connectivity index (χ1) is 10.7. The lowest BCUT2D eigenvalue weighted by atomic mass is 10.0. The molecule has 5 heteroatoms. The molecule has 0 aliphatic heterocycles. The topological polar surface area (TPSA) is 60.4 Å². The first-order valence-corrected chi connectivity index (χ1v) is 7.54. The van der Waals surface area contributed by atoms with E-state index in [-0.39, 0.29) is 35.6 Å². The number of rotatable bonds is 4. The highest BCUT2D eigenvalue weighted by molar-refractivity contribution is 5.85. The Morgan fingerprint density at radius 3 is 1.71 bits per heavy atom. The predicted octanol–water partition coefficient (Wildman–Crippen LogP) is -1.13. The van der Waals surface area contributed by atoms with Gasteiger partial charge in [0.05, 0.1) is 27.1 Å². The molecule has 2 atom stereocenters. The number of aliphatic hydroxyl groups is 1. The van der Waals surface area contributed by atoms with Crippen molar-refractivity contribution < 1.29 is 43.5 Å². The zero-order valence-corrected chi connectivity index (χ0v) is 16.7. The SMILES string of the molecule is CC(C(O)c1ccccc1)[N+](C)(C)C.O=C([O-])c1ccccc1.[I-]. The molecule has 0 saturated heterocycles. The van der Waals surface area contributed by atoms with E-state index in [4.69, 9.17) is 0 Å². The minimum Gasteiger partial charge on any atom is -1.00 e. The molecular weight excluding hydrogens is 417 g/mol. The highest BCUT2D eigenvalue weighted by Crippen LogP contribution is 2.21. The summed E-state index contributed by atoms with van der Waals surface area (Å²) in [5.41, 5.74) is 1.21. The van der Waals surface area contributed by atoms with Crippen molar-refractivity contribution in [1.29, 1.82) is 0 Å². The molecule has 24 heavy (non-hydrogen) atoms. The molecule has 2 rings (SSSR count). The Labute approximate surface area is 161 Å². The molecule has 132 valence electrons. The molecule has 0 aliphatic rings. The second-order valence-electron chi connectivity index (χ2n) is 6.37. The first-order valence-electron chi connectivity index (χ1n) is 7.54. The average molecular weight is 442 g/mol. The van der Waals surface area contributed by atoms with Gasteiger partial charge >= 0.3 is 0 Å². The van der Waals surface area contributed by atoms with E-state index in [2.05, 4.69) is 28.1 Å².